The monoisotopic (exact) mass is 197 g/mol. The molecule has 0 aliphatic carbocycles. The Morgan fingerprint density at radius 2 is 2.43 bits per heavy atom. The second-order valence-electron chi connectivity index (χ2n) is 3.47. The molecule has 0 aromatic carbocycles. The van der Waals surface area contributed by atoms with E-state index < -0.39 is 0 Å². The standard InChI is InChI=1S/C10H19N3O/c1-2-6-13-7-5-12-10(13)8-9(14)3-4-11/h5,7,9,14H,2-4,6,8,11H2,1H3. The van der Waals surface area contributed by atoms with Gasteiger partial charge in [-0.2, -0.15) is 0 Å². The third kappa shape index (κ3) is 3.12. The van der Waals surface area contributed by atoms with Gasteiger partial charge >= 0.3 is 0 Å². The van der Waals surface area contributed by atoms with Gasteiger partial charge in [-0.15, -0.1) is 0 Å². The van der Waals surface area contributed by atoms with Crippen LogP contribution in [0.25, 0.3) is 0 Å². The molecule has 1 atom stereocenters. The van der Waals surface area contributed by atoms with E-state index in [9.17, 15) is 5.11 Å². The van der Waals surface area contributed by atoms with Gasteiger partial charge in [-0.1, -0.05) is 6.92 Å². The first-order chi connectivity index (χ1) is 6.77. The summed E-state index contributed by atoms with van der Waals surface area (Å²) >= 11 is 0. The Balaban J connectivity index is 2.52. The van der Waals surface area contributed by atoms with Gasteiger partial charge in [0.05, 0.1) is 6.10 Å². The maximum absolute atomic E-state index is 9.58. The Morgan fingerprint density at radius 1 is 1.64 bits per heavy atom. The molecule has 0 saturated carbocycles. The summed E-state index contributed by atoms with van der Waals surface area (Å²) in [6, 6.07) is 0. The van der Waals surface area contributed by atoms with Crippen molar-refractivity contribution in [1.82, 2.24) is 9.55 Å². The van der Waals surface area contributed by atoms with Crippen molar-refractivity contribution in [2.75, 3.05) is 6.54 Å². The van der Waals surface area contributed by atoms with Gasteiger partial charge in [0.25, 0.3) is 0 Å². The lowest BCUT2D eigenvalue weighted by Gasteiger charge is -2.10. The number of aliphatic hydroxyl groups excluding tert-OH is 1. The van der Waals surface area contributed by atoms with E-state index >= 15 is 0 Å². The van der Waals surface area contributed by atoms with Crippen LogP contribution in [0.1, 0.15) is 25.6 Å². The minimum atomic E-state index is -0.363. The molecule has 0 radical (unpaired) electrons. The predicted molar refractivity (Wildman–Crippen MR) is 55.9 cm³/mol. The number of aryl methyl sites for hydroxylation is 1. The summed E-state index contributed by atoms with van der Waals surface area (Å²) in [4.78, 5) is 4.22. The first-order valence-electron chi connectivity index (χ1n) is 5.16. The third-order valence-corrected chi connectivity index (χ3v) is 2.18. The van der Waals surface area contributed by atoms with E-state index in [1.165, 1.54) is 0 Å². The SMILES string of the molecule is CCCn1ccnc1CC(O)CCN. The molecule has 1 heterocycles. The lowest BCUT2D eigenvalue weighted by molar-refractivity contribution is 0.164. The van der Waals surface area contributed by atoms with Crippen LogP contribution in [0.5, 0.6) is 0 Å². The number of nitrogens with two attached hydrogens (primary N) is 1. The topological polar surface area (TPSA) is 64.1 Å². The van der Waals surface area contributed by atoms with Crippen molar-refractivity contribution in [3.8, 4) is 0 Å². The maximum Gasteiger partial charge on any atom is 0.111 e. The first kappa shape index (κ1) is 11.2. The molecule has 4 heteroatoms. The smallest absolute Gasteiger partial charge is 0.111 e. The Kier molecular flexibility index (Phi) is 4.62. The fraction of sp³-hybridized carbons (Fsp3) is 0.700. The number of aliphatic hydroxyl groups is 1. The van der Waals surface area contributed by atoms with Crippen molar-refractivity contribution in [3.05, 3.63) is 18.2 Å². The van der Waals surface area contributed by atoms with Gasteiger partial charge < -0.3 is 15.4 Å². The molecule has 4 nitrogen and oxygen atoms in total. The second kappa shape index (κ2) is 5.78. The molecule has 1 rings (SSSR count). The van der Waals surface area contributed by atoms with Crippen LogP contribution in [0.4, 0.5) is 0 Å². The maximum atomic E-state index is 9.58. The molecule has 3 N–H and O–H groups in total. The number of hydrogen-bond donors (Lipinski definition) is 2. The van der Waals surface area contributed by atoms with Crippen LogP contribution < -0.4 is 5.73 Å². The third-order valence-electron chi connectivity index (χ3n) is 2.18. The minimum absolute atomic E-state index is 0.363. The average molecular weight is 197 g/mol. The highest BCUT2D eigenvalue weighted by atomic mass is 16.3. The van der Waals surface area contributed by atoms with Crippen molar-refractivity contribution in [2.24, 2.45) is 5.73 Å². The number of imidazole rings is 1. The van der Waals surface area contributed by atoms with E-state index in [1.54, 1.807) is 6.20 Å². The molecule has 0 bridgehead atoms. The number of rotatable bonds is 6. The summed E-state index contributed by atoms with van der Waals surface area (Å²) in [5.74, 6) is 0.952. The molecule has 14 heavy (non-hydrogen) atoms. The molecule has 80 valence electrons. The van der Waals surface area contributed by atoms with Crippen LogP contribution in [-0.2, 0) is 13.0 Å². The van der Waals surface area contributed by atoms with Crippen LogP contribution in [0.15, 0.2) is 12.4 Å². The Bertz CT molecular complexity index is 260. The molecule has 1 unspecified atom stereocenters. The van der Waals surface area contributed by atoms with Crippen LogP contribution in [0.2, 0.25) is 0 Å². The largest absolute Gasteiger partial charge is 0.393 e. The van der Waals surface area contributed by atoms with Crippen molar-refractivity contribution in [2.45, 2.75) is 38.8 Å². The Hall–Kier alpha value is -0.870. The minimum Gasteiger partial charge on any atom is -0.393 e. The van der Waals surface area contributed by atoms with Crippen LogP contribution in [-0.4, -0.2) is 27.3 Å². The molecule has 1 aromatic heterocycles. The quantitative estimate of drug-likeness (QED) is 0.700. The molecular weight excluding hydrogens is 178 g/mol. The van der Waals surface area contributed by atoms with Gasteiger partial charge in [0, 0.05) is 25.4 Å². The Labute approximate surface area is 84.8 Å². The van der Waals surface area contributed by atoms with E-state index in [0.29, 0.717) is 19.4 Å². The summed E-state index contributed by atoms with van der Waals surface area (Å²) in [6.07, 6.45) is 5.69. The molecule has 0 amide bonds. The zero-order valence-corrected chi connectivity index (χ0v) is 8.69. The van der Waals surface area contributed by atoms with E-state index in [0.717, 1.165) is 18.8 Å². The molecule has 0 aliphatic heterocycles. The highest BCUT2D eigenvalue weighted by Crippen LogP contribution is 2.04. The van der Waals surface area contributed by atoms with Gasteiger partial charge in [-0.3, -0.25) is 0 Å². The molecular formula is C10H19N3O. The number of hydrogen-bond acceptors (Lipinski definition) is 3. The number of aromatic nitrogens is 2. The Morgan fingerprint density at radius 3 is 3.07 bits per heavy atom. The zero-order chi connectivity index (χ0) is 10.4. The van der Waals surface area contributed by atoms with Crippen LogP contribution >= 0.6 is 0 Å². The van der Waals surface area contributed by atoms with Crippen molar-refractivity contribution >= 4 is 0 Å². The second-order valence-corrected chi connectivity index (χ2v) is 3.47. The molecule has 0 spiro atoms. The average Bonchev–Trinajstić information content (AvgIpc) is 2.54. The van der Waals surface area contributed by atoms with E-state index in [-0.39, 0.29) is 6.10 Å². The normalized spacial score (nSPS) is 13.1. The fourth-order valence-electron chi connectivity index (χ4n) is 1.48. The molecule has 0 saturated heterocycles. The summed E-state index contributed by atoms with van der Waals surface area (Å²) in [7, 11) is 0. The summed E-state index contributed by atoms with van der Waals surface area (Å²) in [5.41, 5.74) is 5.37. The van der Waals surface area contributed by atoms with E-state index in [2.05, 4.69) is 16.5 Å². The van der Waals surface area contributed by atoms with E-state index in [1.807, 2.05) is 6.20 Å². The van der Waals surface area contributed by atoms with Gasteiger partial charge in [0.2, 0.25) is 0 Å². The van der Waals surface area contributed by atoms with Crippen LogP contribution in [0.3, 0.4) is 0 Å². The molecule has 0 fully saturated rings. The predicted octanol–water partition coefficient (Wildman–Crippen LogP) is 0.545. The number of nitrogens with zero attached hydrogens (tertiary/aromatic N) is 2. The van der Waals surface area contributed by atoms with Gasteiger partial charge in [-0.25, -0.2) is 4.98 Å². The fourth-order valence-corrected chi connectivity index (χ4v) is 1.48. The lowest BCUT2D eigenvalue weighted by atomic mass is 10.2. The van der Waals surface area contributed by atoms with E-state index in [4.69, 9.17) is 5.73 Å². The van der Waals surface area contributed by atoms with Crippen molar-refractivity contribution < 1.29 is 5.11 Å². The van der Waals surface area contributed by atoms with Crippen molar-refractivity contribution in [1.29, 1.82) is 0 Å². The lowest BCUT2D eigenvalue weighted by Crippen LogP contribution is -2.18. The summed E-state index contributed by atoms with van der Waals surface area (Å²) in [5, 5.41) is 9.58. The molecule has 1 aromatic rings. The highest BCUT2D eigenvalue weighted by Gasteiger charge is 2.08. The van der Waals surface area contributed by atoms with Crippen LogP contribution in [0, 0.1) is 0 Å². The van der Waals surface area contributed by atoms with Gasteiger partial charge in [0.15, 0.2) is 0 Å². The first-order valence-corrected chi connectivity index (χ1v) is 5.16. The highest BCUT2D eigenvalue weighted by molar-refractivity contribution is 4.94. The van der Waals surface area contributed by atoms with Gasteiger partial charge in [0.1, 0.15) is 5.82 Å². The van der Waals surface area contributed by atoms with Crippen molar-refractivity contribution in [3.63, 3.8) is 0 Å². The zero-order valence-electron chi connectivity index (χ0n) is 8.69. The summed E-state index contributed by atoms with van der Waals surface area (Å²) in [6.45, 7) is 3.61. The van der Waals surface area contributed by atoms with Gasteiger partial charge in [-0.05, 0) is 19.4 Å². The molecule has 0 aliphatic rings. The summed E-state index contributed by atoms with van der Waals surface area (Å²) < 4.78 is 2.08.